The molecule has 2 aromatic carbocycles. The number of nitrogens with one attached hydrogen (secondary N) is 2. The van der Waals surface area contributed by atoms with E-state index in [9.17, 15) is 19.2 Å². The van der Waals surface area contributed by atoms with Crippen molar-refractivity contribution in [2.75, 3.05) is 19.7 Å². The highest BCUT2D eigenvalue weighted by Crippen LogP contribution is 2.20. The number of rotatable bonds is 8. The van der Waals surface area contributed by atoms with Crippen LogP contribution in [0.4, 0.5) is 0 Å². The number of benzene rings is 2. The Balaban J connectivity index is 1.75. The summed E-state index contributed by atoms with van der Waals surface area (Å²) in [6.07, 6.45) is 0. The SMILES string of the molecule is Cc1cc(C)c(C(=O)COC(=O)CNC(=O)CNC(=O)c2ccc(Cl)cc2Cl)cc1C. The van der Waals surface area contributed by atoms with Gasteiger partial charge in [0.15, 0.2) is 6.61 Å². The van der Waals surface area contributed by atoms with Crippen LogP contribution in [0.5, 0.6) is 0 Å². The van der Waals surface area contributed by atoms with Gasteiger partial charge in [-0.2, -0.15) is 0 Å². The number of esters is 1. The van der Waals surface area contributed by atoms with E-state index in [-0.39, 0.29) is 22.9 Å². The molecule has 0 aliphatic carbocycles. The summed E-state index contributed by atoms with van der Waals surface area (Å²) >= 11 is 11.7. The lowest BCUT2D eigenvalue weighted by atomic mass is 9.98. The summed E-state index contributed by atoms with van der Waals surface area (Å²) in [5.41, 5.74) is 3.49. The largest absolute Gasteiger partial charge is 0.456 e. The topological polar surface area (TPSA) is 102 Å². The number of hydrogen-bond acceptors (Lipinski definition) is 5. The minimum absolute atomic E-state index is 0.151. The molecule has 0 aliphatic heterocycles. The third kappa shape index (κ3) is 7.08. The lowest BCUT2D eigenvalue weighted by molar-refractivity contribution is -0.142. The molecule has 0 fully saturated rings. The van der Waals surface area contributed by atoms with Gasteiger partial charge < -0.3 is 15.4 Å². The second kappa shape index (κ2) is 10.9. The van der Waals surface area contributed by atoms with Gasteiger partial charge in [-0.25, -0.2) is 0 Å². The van der Waals surface area contributed by atoms with Crippen LogP contribution in [-0.4, -0.2) is 43.3 Å². The predicted octanol–water partition coefficient (Wildman–Crippen LogP) is 3.19. The molecule has 2 rings (SSSR count). The zero-order valence-corrected chi connectivity index (χ0v) is 18.8. The van der Waals surface area contributed by atoms with Crippen molar-refractivity contribution < 1.29 is 23.9 Å². The molecule has 0 saturated carbocycles. The van der Waals surface area contributed by atoms with Crippen LogP contribution >= 0.6 is 23.2 Å². The smallest absolute Gasteiger partial charge is 0.325 e. The van der Waals surface area contributed by atoms with E-state index in [1.165, 1.54) is 18.2 Å². The summed E-state index contributed by atoms with van der Waals surface area (Å²) in [5.74, 6) is -2.26. The van der Waals surface area contributed by atoms with Crippen LogP contribution in [0, 0.1) is 20.8 Å². The fourth-order valence-electron chi connectivity index (χ4n) is 2.70. The molecule has 31 heavy (non-hydrogen) atoms. The Bertz CT molecular complexity index is 1040. The molecule has 0 radical (unpaired) electrons. The van der Waals surface area contributed by atoms with Crippen molar-refractivity contribution in [3.8, 4) is 0 Å². The van der Waals surface area contributed by atoms with Crippen LogP contribution in [0.25, 0.3) is 0 Å². The molecule has 2 amide bonds. The van der Waals surface area contributed by atoms with Gasteiger partial charge in [0, 0.05) is 10.6 Å². The summed E-state index contributed by atoms with van der Waals surface area (Å²) < 4.78 is 4.94. The highest BCUT2D eigenvalue weighted by atomic mass is 35.5. The van der Waals surface area contributed by atoms with Gasteiger partial charge in [0.2, 0.25) is 11.7 Å². The Morgan fingerprint density at radius 1 is 0.839 bits per heavy atom. The van der Waals surface area contributed by atoms with Crippen molar-refractivity contribution in [1.29, 1.82) is 0 Å². The van der Waals surface area contributed by atoms with Crippen molar-refractivity contribution >= 4 is 46.8 Å². The molecule has 0 bridgehead atoms. The summed E-state index contributed by atoms with van der Waals surface area (Å²) in [7, 11) is 0. The number of hydrogen-bond donors (Lipinski definition) is 2. The molecule has 2 N–H and O–H groups in total. The molecule has 0 atom stereocenters. The van der Waals surface area contributed by atoms with E-state index in [0.717, 1.165) is 16.7 Å². The fourth-order valence-corrected chi connectivity index (χ4v) is 3.19. The number of carbonyl (C=O) groups excluding carboxylic acids is 4. The van der Waals surface area contributed by atoms with Gasteiger partial charge in [0.1, 0.15) is 6.54 Å². The number of Topliss-reactive ketones (excluding diaryl/α,β-unsaturated/α-hetero) is 1. The fraction of sp³-hybridized carbons (Fsp3) is 0.273. The molecular weight excluding hydrogens is 443 g/mol. The van der Waals surface area contributed by atoms with E-state index >= 15 is 0 Å². The molecule has 0 saturated heterocycles. The number of carbonyl (C=O) groups is 4. The Morgan fingerprint density at radius 2 is 1.52 bits per heavy atom. The number of aryl methyl sites for hydroxylation is 3. The number of ether oxygens (including phenoxy) is 1. The van der Waals surface area contributed by atoms with Crippen LogP contribution in [0.3, 0.4) is 0 Å². The van der Waals surface area contributed by atoms with Gasteiger partial charge in [-0.3, -0.25) is 19.2 Å². The maximum Gasteiger partial charge on any atom is 0.325 e. The first-order valence-corrected chi connectivity index (χ1v) is 10.1. The summed E-state index contributed by atoms with van der Waals surface area (Å²) in [5, 5.41) is 5.23. The first kappa shape index (κ1) is 24.4. The van der Waals surface area contributed by atoms with E-state index < -0.39 is 30.9 Å². The van der Waals surface area contributed by atoms with Crippen LogP contribution in [0.2, 0.25) is 10.0 Å². The lowest BCUT2D eigenvalue weighted by Crippen LogP contribution is -2.39. The highest BCUT2D eigenvalue weighted by Gasteiger charge is 2.15. The van der Waals surface area contributed by atoms with Crippen LogP contribution in [0.1, 0.15) is 37.4 Å². The normalized spacial score (nSPS) is 10.4. The standard InChI is InChI=1S/C22H22Cl2N2O5/c1-12-6-14(3)17(7-13(12)2)19(27)11-31-21(29)10-25-20(28)9-26-22(30)16-5-4-15(23)8-18(16)24/h4-8H,9-11H2,1-3H3,(H,25,28)(H,26,30). The van der Waals surface area contributed by atoms with E-state index in [2.05, 4.69) is 10.6 Å². The third-order valence-corrected chi connectivity index (χ3v) is 5.07. The minimum Gasteiger partial charge on any atom is -0.456 e. The average molecular weight is 465 g/mol. The molecule has 2 aromatic rings. The van der Waals surface area contributed by atoms with E-state index in [1.54, 1.807) is 6.07 Å². The zero-order valence-electron chi connectivity index (χ0n) is 17.3. The van der Waals surface area contributed by atoms with Crippen LogP contribution < -0.4 is 10.6 Å². The monoisotopic (exact) mass is 464 g/mol. The van der Waals surface area contributed by atoms with Crippen molar-refractivity contribution in [3.63, 3.8) is 0 Å². The molecule has 0 unspecified atom stereocenters. The third-order valence-electron chi connectivity index (χ3n) is 4.52. The molecule has 0 aromatic heterocycles. The van der Waals surface area contributed by atoms with Gasteiger partial charge in [0.05, 0.1) is 17.1 Å². The predicted molar refractivity (Wildman–Crippen MR) is 118 cm³/mol. The number of ketones is 1. The number of halogens is 2. The lowest BCUT2D eigenvalue weighted by Gasteiger charge is -2.10. The Kier molecular flexibility index (Phi) is 8.59. The number of amides is 2. The quantitative estimate of drug-likeness (QED) is 0.461. The molecule has 0 aliphatic rings. The van der Waals surface area contributed by atoms with E-state index in [1.807, 2.05) is 26.8 Å². The molecule has 0 spiro atoms. The second-order valence-electron chi connectivity index (χ2n) is 6.92. The molecule has 164 valence electrons. The van der Waals surface area contributed by atoms with Crippen molar-refractivity contribution in [1.82, 2.24) is 10.6 Å². The molecule has 9 heteroatoms. The Hall–Kier alpha value is -2.90. The second-order valence-corrected chi connectivity index (χ2v) is 7.76. The highest BCUT2D eigenvalue weighted by molar-refractivity contribution is 6.36. The van der Waals surface area contributed by atoms with Gasteiger partial charge in [-0.05, 0) is 61.7 Å². The Morgan fingerprint density at radius 3 is 2.19 bits per heavy atom. The van der Waals surface area contributed by atoms with Gasteiger partial charge >= 0.3 is 5.97 Å². The van der Waals surface area contributed by atoms with E-state index in [0.29, 0.717) is 10.6 Å². The maximum absolute atomic E-state index is 12.3. The molecular formula is C22H22Cl2N2O5. The average Bonchev–Trinajstić information content (AvgIpc) is 2.71. The van der Waals surface area contributed by atoms with Gasteiger partial charge in [0.25, 0.3) is 5.91 Å². The Labute approximate surface area is 190 Å². The molecule has 0 heterocycles. The van der Waals surface area contributed by atoms with Crippen molar-refractivity contribution in [2.24, 2.45) is 0 Å². The van der Waals surface area contributed by atoms with Crippen LogP contribution in [-0.2, 0) is 14.3 Å². The summed E-state index contributed by atoms with van der Waals surface area (Å²) in [6, 6.07) is 8.01. The van der Waals surface area contributed by atoms with Crippen LogP contribution in [0.15, 0.2) is 30.3 Å². The molecule has 7 nitrogen and oxygen atoms in total. The summed E-state index contributed by atoms with van der Waals surface area (Å²) in [6.45, 7) is 4.43. The van der Waals surface area contributed by atoms with Crippen molar-refractivity contribution in [2.45, 2.75) is 20.8 Å². The first-order valence-electron chi connectivity index (χ1n) is 9.35. The van der Waals surface area contributed by atoms with Crippen molar-refractivity contribution in [3.05, 3.63) is 68.2 Å². The summed E-state index contributed by atoms with van der Waals surface area (Å²) in [4.78, 5) is 48.0. The minimum atomic E-state index is -0.768. The first-order chi connectivity index (χ1) is 14.6. The van der Waals surface area contributed by atoms with Gasteiger partial charge in [-0.15, -0.1) is 0 Å². The van der Waals surface area contributed by atoms with E-state index in [4.69, 9.17) is 27.9 Å². The zero-order chi connectivity index (χ0) is 23.1. The maximum atomic E-state index is 12.3. The van der Waals surface area contributed by atoms with Gasteiger partial charge in [-0.1, -0.05) is 29.3 Å².